The summed E-state index contributed by atoms with van der Waals surface area (Å²) in [5.74, 6) is -0.817. The van der Waals surface area contributed by atoms with Gasteiger partial charge in [-0.1, -0.05) is 30.3 Å². The van der Waals surface area contributed by atoms with E-state index in [4.69, 9.17) is 5.73 Å². The van der Waals surface area contributed by atoms with Gasteiger partial charge in [-0.25, -0.2) is 12.8 Å². The second-order valence-electron chi connectivity index (χ2n) is 4.87. The van der Waals surface area contributed by atoms with Crippen LogP contribution in [-0.4, -0.2) is 8.42 Å². The van der Waals surface area contributed by atoms with E-state index in [0.29, 0.717) is 12.1 Å². The van der Waals surface area contributed by atoms with Crippen molar-refractivity contribution in [3.05, 3.63) is 65.0 Å². The molecule has 0 aliphatic rings. The van der Waals surface area contributed by atoms with Crippen LogP contribution in [0.1, 0.15) is 16.7 Å². The van der Waals surface area contributed by atoms with Crippen molar-refractivity contribution < 1.29 is 12.8 Å². The van der Waals surface area contributed by atoms with Gasteiger partial charge in [0.15, 0.2) is 0 Å². The summed E-state index contributed by atoms with van der Waals surface area (Å²) in [5.41, 5.74) is 7.67. The first-order chi connectivity index (χ1) is 9.89. The van der Waals surface area contributed by atoms with Crippen molar-refractivity contribution in [3.8, 4) is 0 Å². The summed E-state index contributed by atoms with van der Waals surface area (Å²) < 4.78 is 40.2. The lowest BCUT2D eigenvalue weighted by Gasteiger charge is -2.10. The van der Waals surface area contributed by atoms with Crippen LogP contribution < -0.4 is 10.5 Å². The summed E-state index contributed by atoms with van der Waals surface area (Å²) in [4.78, 5) is 0. The van der Waals surface area contributed by atoms with Gasteiger partial charge in [0.25, 0.3) is 0 Å². The maximum absolute atomic E-state index is 13.7. The number of hydrogen-bond acceptors (Lipinski definition) is 3. The van der Waals surface area contributed by atoms with Gasteiger partial charge in [-0.15, -0.1) is 0 Å². The predicted molar refractivity (Wildman–Crippen MR) is 81.7 cm³/mol. The van der Waals surface area contributed by atoms with Crippen molar-refractivity contribution in [2.24, 2.45) is 5.73 Å². The number of anilines is 1. The number of sulfonamides is 1. The summed E-state index contributed by atoms with van der Waals surface area (Å²) in [6, 6.07) is 11.3. The van der Waals surface area contributed by atoms with Gasteiger partial charge in [0.1, 0.15) is 5.82 Å². The number of aryl methyl sites for hydroxylation is 1. The first-order valence-electron chi connectivity index (χ1n) is 6.44. The summed E-state index contributed by atoms with van der Waals surface area (Å²) >= 11 is 0. The van der Waals surface area contributed by atoms with Gasteiger partial charge in [-0.2, -0.15) is 0 Å². The molecular weight excluding hydrogens is 291 g/mol. The lowest BCUT2D eigenvalue weighted by Crippen LogP contribution is -2.16. The first-order valence-corrected chi connectivity index (χ1v) is 8.09. The first kappa shape index (κ1) is 15.5. The van der Waals surface area contributed by atoms with Crippen molar-refractivity contribution in [1.82, 2.24) is 0 Å². The molecule has 112 valence electrons. The van der Waals surface area contributed by atoms with E-state index in [9.17, 15) is 12.8 Å². The molecule has 0 unspecified atom stereocenters. The van der Waals surface area contributed by atoms with Crippen LogP contribution in [0.3, 0.4) is 0 Å². The maximum atomic E-state index is 13.7. The summed E-state index contributed by atoms with van der Waals surface area (Å²) in [5, 5.41) is 0. The molecule has 6 heteroatoms. The minimum absolute atomic E-state index is 0.0458. The molecule has 0 atom stereocenters. The lowest BCUT2D eigenvalue weighted by molar-refractivity contribution is 0.597. The van der Waals surface area contributed by atoms with E-state index in [2.05, 4.69) is 4.72 Å². The van der Waals surface area contributed by atoms with Crippen molar-refractivity contribution in [1.29, 1.82) is 0 Å². The molecule has 0 aliphatic heterocycles. The third-order valence-corrected chi connectivity index (χ3v) is 4.22. The zero-order valence-corrected chi connectivity index (χ0v) is 12.5. The van der Waals surface area contributed by atoms with Crippen LogP contribution in [0.5, 0.6) is 0 Å². The Labute approximate surface area is 123 Å². The predicted octanol–water partition coefficient (Wildman–Crippen LogP) is 2.53. The van der Waals surface area contributed by atoms with Crippen LogP contribution in [0.25, 0.3) is 0 Å². The largest absolute Gasteiger partial charge is 0.326 e. The number of nitrogens with two attached hydrogens (primary N) is 1. The van der Waals surface area contributed by atoms with Crippen LogP contribution in [0.4, 0.5) is 10.1 Å². The number of halogens is 1. The molecule has 0 saturated heterocycles. The molecule has 2 aromatic carbocycles. The van der Waals surface area contributed by atoms with Gasteiger partial charge < -0.3 is 5.73 Å². The Kier molecular flexibility index (Phi) is 4.59. The lowest BCUT2D eigenvalue weighted by atomic mass is 10.1. The van der Waals surface area contributed by atoms with E-state index in [1.54, 1.807) is 31.2 Å². The normalized spacial score (nSPS) is 11.4. The molecular formula is C15H17FN2O2S. The molecule has 0 saturated carbocycles. The van der Waals surface area contributed by atoms with Gasteiger partial charge in [-0.05, 0) is 35.7 Å². The Balaban J connectivity index is 2.18. The molecule has 0 amide bonds. The quantitative estimate of drug-likeness (QED) is 0.891. The number of benzene rings is 2. The molecule has 0 radical (unpaired) electrons. The highest BCUT2D eigenvalue weighted by molar-refractivity contribution is 7.91. The van der Waals surface area contributed by atoms with Crippen molar-refractivity contribution in [3.63, 3.8) is 0 Å². The van der Waals surface area contributed by atoms with Crippen LogP contribution in [0.15, 0.2) is 42.5 Å². The Morgan fingerprint density at radius 3 is 2.52 bits per heavy atom. The molecule has 21 heavy (non-hydrogen) atoms. The molecule has 0 heterocycles. The van der Waals surface area contributed by atoms with Gasteiger partial charge in [0.05, 0.1) is 11.4 Å². The Morgan fingerprint density at radius 2 is 1.86 bits per heavy atom. The summed E-state index contributed by atoms with van der Waals surface area (Å²) in [7, 11) is -3.68. The Hall–Kier alpha value is -1.92. The Morgan fingerprint density at radius 1 is 1.14 bits per heavy atom. The van der Waals surface area contributed by atoms with Crippen molar-refractivity contribution in [2.45, 2.75) is 19.2 Å². The molecule has 2 aromatic rings. The molecule has 0 aromatic heterocycles. The number of rotatable bonds is 5. The van der Waals surface area contributed by atoms with E-state index in [0.717, 1.165) is 11.1 Å². The van der Waals surface area contributed by atoms with E-state index in [-0.39, 0.29) is 11.4 Å². The molecule has 0 spiro atoms. The van der Waals surface area contributed by atoms with Gasteiger partial charge >= 0.3 is 0 Å². The number of hydrogen-bond donors (Lipinski definition) is 2. The molecule has 0 fully saturated rings. The zero-order chi connectivity index (χ0) is 15.5. The highest BCUT2D eigenvalue weighted by Crippen LogP contribution is 2.18. The molecule has 0 bridgehead atoms. The van der Waals surface area contributed by atoms with Crippen molar-refractivity contribution in [2.75, 3.05) is 4.72 Å². The van der Waals surface area contributed by atoms with Crippen LogP contribution in [-0.2, 0) is 22.3 Å². The van der Waals surface area contributed by atoms with Crippen LogP contribution in [0, 0.1) is 12.7 Å². The fourth-order valence-electron chi connectivity index (χ4n) is 1.97. The second-order valence-corrected chi connectivity index (χ2v) is 6.59. The van der Waals surface area contributed by atoms with Gasteiger partial charge in [0, 0.05) is 6.54 Å². The fourth-order valence-corrected chi connectivity index (χ4v) is 3.16. The van der Waals surface area contributed by atoms with E-state index in [1.165, 1.54) is 12.1 Å². The van der Waals surface area contributed by atoms with Gasteiger partial charge in [0.2, 0.25) is 10.0 Å². The molecule has 2 rings (SSSR count). The zero-order valence-electron chi connectivity index (χ0n) is 11.6. The van der Waals surface area contributed by atoms with Crippen LogP contribution in [0.2, 0.25) is 0 Å². The number of nitrogens with one attached hydrogen (secondary N) is 1. The highest BCUT2D eigenvalue weighted by atomic mass is 32.2. The van der Waals surface area contributed by atoms with Gasteiger partial charge in [-0.3, -0.25) is 4.72 Å². The minimum Gasteiger partial charge on any atom is -0.326 e. The van der Waals surface area contributed by atoms with E-state index < -0.39 is 15.8 Å². The average Bonchev–Trinajstić information content (AvgIpc) is 2.41. The monoisotopic (exact) mass is 308 g/mol. The smallest absolute Gasteiger partial charge is 0.237 e. The summed E-state index contributed by atoms with van der Waals surface area (Å²) in [6.07, 6.45) is 0. The van der Waals surface area contributed by atoms with Crippen molar-refractivity contribution >= 4 is 15.7 Å². The van der Waals surface area contributed by atoms with E-state index in [1.807, 2.05) is 6.07 Å². The fraction of sp³-hybridized carbons (Fsp3) is 0.200. The molecule has 4 nitrogen and oxygen atoms in total. The van der Waals surface area contributed by atoms with E-state index >= 15 is 0 Å². The second kappa shape index (κ2) is 6.24. The summed E-state index contributed by atoms with van der Waals surface area (Å²) in [6.45, 7) is 2.08. The molecule has 3 N–H and O–H groups in total. The SMILES string of the molecule is Cc1ccc(NS(=O)(=O)Cc2cccc(CN)c2)c(F)c1. The molecule has 0 aliphatic carbocycles. The third kappa shape index (κ3) is 4.27. The maximum Gasteiger partial charge on any atom is 0.237 e. The van der Waals surface area contributed by atoms with Crippen LogP contribution >= 0.6 is 0 Å². The average molecular weight is 308 g/mol. The Bertz CT molecular complexity index is 745. The third-order valence-electron chi connectivity index (χ3n) is 2.97. The highest BCUT2D eigenvalue weighted by Gasteiger charge is 2.14. The standard InChI is InChI=1S/C15H17FN2O2S/c1-11-5-6-15(14(16)7-11)18-21(19,20)10-13-4-2-3-12(8-13)9-17/h2-8,18H,9-10,17H2,1H3. The topological polar surface area (TPSA) is 72.2 Å². The minimum atomic E-state index is -3.68.